The monoisotopic (exact) mass is 270 g/mol. The molecule has 1 heterocycles. The van der Waals surface area contributed by atoms with E-state index >= 15 is 0 Å². The Hall–Kier alpha value is -2.30. The van der Waals surface area contributed by atoms with Crippen molar-refractivity contribution in [3.05, 3.63) is 42.2 Å². The van der Waals surface area contributed by atoms with Crippen molar-refractivity contribution >= 4 is 11.6 Å². The van der Waals surface area contributed by atoms with E-state index in [1.54, 1.807) is 21.8 Å². The van der Waals surface area contributed by atoms with Crippen LogP contribution in [0.2, 0.25) is 0 Å². The third kappa shape index (κ3) is 2.15. The third-order valence-corrected chi connectivity index (χ3v) is 3.93. The van der Waals surface area contributed by atoms with Crippen LogP contribution in [0.15, 0.2) is 36.5 Å². The first-order valence-corrected chi connectivity index (χ1v) is 6.84. The van der Waals surface area contributed by atoms with Gasteiger partial charge in [0.05, 0.1) is 11.4 Å². The molecule has 0 unspecified atom stereocenters. The zero-order chi connectivity index (χ0) is 14.1. The van der Waals surface area contributed by atoms with Gasteiger partial charge in [-0.2, -0.15) is 5.10 Å². The molecule has 1 amide bonds. The van der Waals surface area contributed by atoms with Gasteiger partial charge < -0.3 is 10.6 Å². The Morgan fingerprint density at radius 1 is 1.35 bits per heavy atom. The van der Waals surface area contributed by atoms with Gasteiger partial charge in [0.25, 0.3) is 5.91 Å². The molecular formula is C15H18N4O. The van der Waals surface area contributed by atoms with E-state index in [0.717, 1.165) is 18.5 Å². The molecule has 5 heteroatoms. The van der Waals surface area contributed by atoms with E-state index in [1.807, 2.05) is 31.3 Å². The number of nitrogens with zero attached hydrogens (tertiary/aromatic N) is 3. The molecule has 1 aromatic heterocycles. The van der Waals surface area contributed by atoms with E-state index in [4.69, 9.17) is 5.73 Å². The molecule has 1 aromatic carbocycles. The number of amides is 1. The van der Waals surface area contributed by atoms with Gasteiger partial charge in [-0.05, 0) is 37.5 Å². The predicted molar refractivity (Wildman–Crippen MR) is 77.7 cm³/mol. The van der Waals surface area contributed by atoms with Crippen LogP contribution in [0.5, 0.6) is 0 Å². The highest BCUT2D eigenvalue weighted by Gasteiger charge is 2.27. The maximum Gasteiger partial charge on any atom is 0.274 e. The van der Waals surface area contributed by atoms with Crippen LogP contribution < -0.4 is 5.73 Å². The number of carbonyl (C=O) groups is 1. The second kappa shape index (κ2) is 5.00. The third-order valence-electron chi connectivity index (χ3n) is 3.93. The number of benzene rings is 1. The van der Waals surface area contributed by atoms with Crippen LogP contribution in [0.3, 0.4) is 0 Å². The minimum absolute atomic E-state index is 0.0250. The highest BCUT2D eigenvalue weighted by atomic mass is 16.2. The minimum atomic E-state index is -0.0250. The predicted octanol–water partition coefficient (Wildman–Crippen LogP) is 2.08. The molecule has 0 bridgehead atoms. The molecule has 1 aliphatic carbocycles. The highest BCUT2D eigenvalue weighted by Crippen LogP contribution is 2.24. The summed E-state index contributed by atoms with van der Waals surface area (Å²) in [6.45, 7) is 0. The Morgan fingerprint density at radius 2 is 2.10 bits per heavy atom. The zero-order valence-electron chi connectivity index (χ0n) is 11.5. The van der Waals surface area contributed by atoms with Crippen molar-refractivity contribution in [3.8, 4) is 5.69 Å². The van der Waals surface area contributed by atoms with E-state index in [1.165, 1.54) is 6.42 Å². The maximum absolute atomic E-state index is 12.3. The van der Waals surface area contributed by atoms with Crippen LogP contribution in [0.1, 0.15) is 29.8 Å². The zero-order valence-corrected chi connectivity index (χ0v) is 11.5. The van der Waals surface area contributed by atoms with Gasteiger partial charge in [0.1, 0.15) is 0 Å². The molecular weight excluding hydrogens is 252 g/mol. The lowest BCUT2D eigenvalue weighted by Crippen LogP contribution is -2.41. The van der Waals surface area contributed by atoms with Crippen LogP contribution in [-0.4, -0.2) is 33.7 Å². The molecule has 0 spiro atoms. The maximum atomic E-state index is 12.3. The molecule has 0 aliphatic heterocycles. The summed E-state index contributed by atoms with van der Waals surface area (Å²) >= 11 is 0. The smallest absolute Gasteiger partial charge is 0.274 e. The fourth-order valence-electron chi connectivity index (χ4n) is 2.39. The van der Waals surface area contributed by atoms with Crippen LogP contribution in [0.25, 0.3) is 5.69 Å². The molecule has 2 N–H and O–H groups in total. The van der Waals surface area contributed by atoms with Gasteiger partial charge in [0.2, 0.25) is 0 Å². The van der Waals surface area contributed by atoms with Crippen LogP contribution in [0, 0.1) is 0 Å². The van der Waals surface area contributed by atoms with Crippen molar-refractivity contribution in [3.63, 3.8) is 0 Å². The Balaban J connectivity index is 1.83. The molecule has 0 saturated heterocycles. The van der Waals surface area contributed by atoms with Gasteiger partial charge in [-0.3, -0.25) is 4.79 Å². The molecule has 1 fully saturated rings. The Bertz CT molecular complexity index is 630. The van der Waals surface area contributed by atoms with Gasteiger partial charge in [-0.25, -0.2) is 4.68 Å². The molecule has 104 valence electrons. The van der Waals surface area contributed by atoms with E-state index in [0.29, 0.717) is 17.4 Å². The summed E-state index contributed by atoms with van der Waals surface area (Å²) < 4.78 is 1.65. The summed E-state index contributed by atoms with van der Waals surface area (Å²) in [4.78, 5) is 14.1. The van der Waals surface area contributed by atoms with Gasteiger partial charge in [0.15, 0.2) is 5.69 Å². The number of hydrogen-bond donors (Lipinski definition) is 1. The average Bonchev–Trinajstić information content (AvgIpc) is 2.85. The van der Waals surface area contributed by atoms with Gasteiger partial charge in [0, 0.05) is 19.3 Å². The quantitative estimate of drug-likeness (QED) is 0.868. The second-order valence-electron chi connectivity index (χ2n) is 5.21. The van der Waals surface area contributed by atoms with Crippen LogP contribution >= 0.6 is 0 Å². The summed E-state index contributed by atoms with van der Waals surface area (Å²) in [5.74, 6) is -0.0250. The van der Waals surface area contributed by atoms with E-state index in [2.05, 4.69) is 5.10 Å². The first-order valence-electron chi connectivity index (χ1n) is 6.84. The number of rotatable bonds is 3. The topological polar surface area (TPSA) is 64.2 Å². The Labute approximate surface area is 118 Å². The van der Waals surface area contributed by atoms with Crippen molar-refractivity contribution in [2.45, 2.75) is 25.3 Å². The first kappa shape index (κ1) is 12.7. The number of nitrogens with two attached hydrogens (primary N) is 1. The molecule has 0 atom stereocenters. The SMILES string of the molecule is CN(C(=O)c1ccn(-c2ccccc2N)n1)C1CCC1. The molecule has 5 nitrogen and oxygen atoms in total. The van der Waals surface area contributed by atoms with Crippen molar-refractivity contribution < 1.29 is 4.79 Å². The van der Waals surface area contributed by atoms with E-state index < -0.39 is 0 Å². The molecule has 20 heavy (non-hydrogen) atoms. The summed E-state index contributed by atoms with van der Waals surface area (Å²) in [6.07, 6.45) is 5.16. The standard InChI is InChI=1S/C15H18N4O/c1-18(11-5-4-6-11)15(20)13-9-10-19(17-13)14-8-3-2-7-12(14)16/h2-3,7-11H,4-6,16H2,1H3. The summed E-state index contributed by atoms with van der Waals surface area (Å²) in [5.41, 5.74) is 7.81. The van der Waals surface area contributed by atoms with Crippen molar-refractivity contribution in [2.75, 3.05) is 12.8 Å². The lowest BCUT2D eigenvalue weighted by Gasteiger charge is -2.34. The van der Waals surface area contributed by atoms with Gasteiger partial charge in [-0.1, -0.05) is 12.1 Å². The van der Waals surface area contributed by atoms with Crippen LogP contribution in [0.4, 0.5) is 5.69 Å². The molecule has 0 radical (unpaired) electrons. The number of para-hydroxylation sites is 2. The van der Waals surface area contributed by atoms with Crippen molar-refractivity contribution in [1.29, 1.82) is 0 Å². The van der Waals surface area contributed by atoms with Crippen molar-refractivity contribution in [2.24, 2.45) is 0 Å². The lowest BCUT2D eigenvalue weighted by atomic mass is 9.92. The number of carbonyl (C=O) groups excluding carboxylic acids is 1. The summed E-state index contributed by atoms with van der Waals surface area (Å²) in [5, 5.41) is 4.35. The normalized spacial score (nSPS) is 14.8. The second-order valence-corrected chi connectivity index (χ2v) is 5.21. The van der Waals surface area contributed by atoms with Gasteiger partial charge >= 0.3 is 0 Å². The highest BCUT2D eigenvalue weighted by molar-refractivity contribution is 5.92. The van der Waals surface area contributed by atoms with Crippen molar-refractivity contribution in [1.82, 2.24) is 14.7 Å². The number of nitrogen functional groups attached to an aromatic ring is 1. The van der Waals surface area contributed by atoms with Crippen LogP contribution in [-0.2, 0) is 0 Å². The Morgan fingerprint density at radius 3 is 2.75 bits per heavy atom. The fourth-order valence-corrected chi connectivity index (χ4v) is 2.39. The average molecular weight is 270 g/mol. The lowest BCUT2D eigenvalue weighted by molar-refractivity contribution is 0.0645. The van der Waals surface area contributed by atoms with E-state index in [9.17, 15) is 4.79 Å². The largest absolute Gasteiger partial charge is 0.397 e. The number of anilines is 1. The Kier molecular flexibility index (Phi) is 3.18. The van der Waals surface area contributed by atoms with Gasteiger partial charge in [-0.15, -0.1) is 0 Å². The molecule has 2 aromatic rings. The molecule has 1 aliphatic rings. The first-order chi connectivity index (χ1) is 9.66. The number of hydrogen-bond acceptors (Lipinski definition) is 3. The number of aromatic nitrogens is 2. The van der Waals surface area contributed by atoms with E-state index in [-0.39, 0.29) is 5.91 Å². The summed E-state index contributed by atoms with van der Waals surface area (Å²) in [7, 11) is 1.85. The minimum Gasteiger partial charge on any atom is -0.397 e. The molecule has 1 saturated carbocycles. The summed E-state index contributed by atoms with van der Waals surface area (Å²) in [6, 6.07) is 9.58. The fraction of sp³-hybridized carbons (Fsp3) is 0.333. The molecule has 3 rings (SSSR count).